The Morgan fingerprint density at radius 2 is 2.22 bits per heavy atom. The molecule has 3 heteroatoms. The number of benzene rings is 1. The molecule has 18 heavy (non-hydrogen) atoms. The van der Waals surface area contributed by atoms with E-state index in [2.05, 4.69) is 17.9 Å². The Hall–Kier alpha value is -1.35. The molecule has 0 aliphatic carbocycles. The number of para-hydroxylation sites is 1. The number of nitrogens with zero attached hydrogens (tertiary/aromatic N) is 1. The topological polar surface area (TPSA) is 29.5 Å². The van der Waals surface area contributed by atoms with Crippen LogP contribution in [-0.2, 0) is 11.3 Å². The van der Waals surface area contributed by atoms with Crippen molar-refractivity contribution in [3.63, 3.8) is 0 Å². The van der Waals surface area contributed by atoms with E-state index in [9.17, 15) is 4.79 Å². The highest BCUT2D eigenvalue weighted by atomic mass is 16.5. The summed E-state index contributed by atoms with van der Waals surface area (Å²) >= 11 is 0. The highest BCUT2D eigenvalue weighted by Gasteiger charge is 2.26. The first-order chi connectivity index (χ1) is 8.67. The highest BCUT2D eigenvalue weighted by molar-refractivity contribution is 5.58. The summed E-state index contributed by atoms with van der Waals surface area (Å²) in [5.41, 5.74) is 0.957. The molecule has 1 aliphatic heterocycles. The summed E-state index contributed by atoms with van der Waals surface area (Å²) in [5.74, 6) is 0.976. The third-order valence-corrected chi connectivity index (χ3v) is 3.71. The summed E-state index contributed by atoms with van der Waals surface area (Å²) < 4.78 is 5.73. The molecule has 0 spiro atoms. The Morgan fingerprint density at radius 1 is 1.44 bits per heavy atom. The van der Waals surface area contributed by atoms with Gasteiger partial charge in [0.15, 0.2) is 0 Å². The van der Waals surface area contributed by atoms with Crippen molar-refractivity contribution in [2.75, 3.05) is 19.7 Å². The van der Waals surface area contributed by atoms with Crippen molar-refractivity contribution in [3.8, 4) is 5.75 Å². The van der Waals surface area contributed by atoms with Gasteiger partial charge >= 0.3 is 0 Å². The molecule has 0 amide bonds. The van der Waals surface area contributed by atoms with Crippen LogP contribution in [0.1, 0.15) is 25.8 Å². The van der Waals surface area contributed by atoms with Crippen LogP contribution in [0.15, 0.2) is 24.3 Å². The van der Waals surface area contributed by atoms with Gasteiger partial charge in [-0.05, 0) is 12.5 Å². The van der Waals surface area contributed by atoms with Crippen LogP contribution in [0.3, 0.4) is 0 Å². The lowest BCUT2D eigenvalue weighted by atomic mass is 9.89. The van der Waals surface area contributed by atoms with E-state index < -0.39 is 0 Å². The molecule has 0 aromatic heterocycles. The van der Waals surface area contributed by atoms with E-state index in [1.54, 1.807) is 0 Å². The average Bonchev–Trinajstić information content (AvgIpc) is 2.60. The molecule has 1 aromatic carbocycles. The van der Waals surface area contributed by atoms with Crippen LogP contribution >= 0.6 is 0 Å². The van der Waals surface area contributed by atoms with Gasteiger partial charge in [0.25, 0.3) is 0 Å². The van der Waals surface area contributed by atoms with Crippen LogP contribution < -0.4 is 4.74 Å². The Bertz CT molecular complexity index is 419. The summed E-state index contributed by atoms with van der Waals surface area (Å²) in [4.78, 5) is 13.5. The number of ether oxygens (including phenoxy) is 1. The zero-order valence-electron chi connectivity index (χ0n) is 11.2. The molecule has 0 fully saturated rings. The van der Waals surface area contributed by atoms with Crippen LogP contribution in [0.4, 0.5) is 0 Å². The monoisotopic (exact) mass is 247 g/mol. The Labute approximate surface area is 109 Å². The van der Waals surface area contributed by atoms with Crippen molar-refractivity contribution in [1.29, 1.82) is 0 Å². The molecule has 1 unspecified atom stereocenters. The van der Waals surface area contributed by atoms with Crippen LogP contribution in [0, 0.1) is 5.41 Å². The minimum Gasteiger partial charge on any atom is -0.492 e. The number of aldehydes is 1. The zero-order valence-corrected chi connectivity index (χ0v) is 11.2. The van der Waals surface area contributed by atoms with E-state index in [1.807, 2.05) is 25.1 Å². The molecule has 0 saturated heterocycles. The fraction of sp³-hybridized carbons (Fsp3) is 0.533. The molecule has 0 radical (unpaired) electrons. The second kappa shape index (κ2) is 5.53. The minimum absolute atomic E-state index is 0.251. The van der Waals surface area contributed by atoms with Crippen LogP contribution in [0.2, 0.25) is 0 Å². The maximum atomic E-state index is 11.2. The van der Waals surface area contributed by atoms with Gasteiger partial charge in [0, 0.05) is 30.6 Å². The zero-order chi connectivity index (χ0) is 13.0. The van der Waals surface area contributed by atoms with Gasteiger partial charge in [0.1, 0.15) is 18.6 Å². The molecule has 0 bridgehead atoms. The Balaban J connectivity index is 2.10. The van der Waals surface area contributed by atoms with E-state index in [4.69, 9.17) is 4.74 Å². The predicted molar refractivity (Wildman–Crippen MR) is 71.7 cm³/mol. The molecule has 98 valence electrons. The molecular weight excluding hydrogens is 226 g/mol. The van der Waals surface area contributed by atoms with Gasteiger partial charge in [0.2, 0.25) is 0 Å². The third-order valence-electron chi connectivity index (χ3n) is 3.71. The van der Waals surface area contributed by atoms with Gasteiger partial charge < -0.3 is 9.53 Å². The van der Waals surface area contributed by atoms with Crippen molar-refractivity contribution in [3.05, 3.63) is 29.8 Å². The number of carbonyl (C=O) groups is 1. The number of hydrogen-bond donors (Lipinski definition) is 0. The van der Waals surface area contributed by atoms with Crippen molar-refractivity contribution >= 4 is 6.29 Å². The lowest BCUT2D eigenvalue weighted by Crippen LogP contribution is -2.37. The van der Waals surface area contributed by atoms with Crippen molar-refractivity contribution < 1.29 is 9.53 Å². The minimum atomic E-state index is -0.251. The lowest BCUT2D eigenvalue weighted by Gasteiger charge is -2.29. The van der Waals surface area contributed by atoms with Gasteiger partial charge in [-0.25, -0.2) is 0 Å². The van der Waals surface area contributed by atoms with Gasteiger partial charge in [-0.3, -0.25) is 4.90 Å². The smallest absolute Gasteiger partial charge is 0.127 e. The first-order valence-electron chi connectivity index (χ1n) is 6.56. The standard InChI is InChI=1S/C15H21NO2/c1-3-15(2,12-17)11-16-8-9-18-14-7-5-4-6-13(14)10-16/h4-7,12H,3,8-11H2,1-2H3. The molecule has 1 heterocycles. The Morgan fingerprint density at radius 3 is 2.94 bits per heavy atom. The van der Waals surface area contributed by atoms with Crippen LogP contribution in [0.25, 0.3) is 0 Å². The molecule has 0 N–H and O–H groups in total. The number of fused-ring (bicyclic) bond motifs is 1. The van der Waals surface area contributed by atoms with Gasteiger partial charge in [-0.15, -0.1) is 0 Å². The summed E-state index contributed by atoms with van der Waals surface area (Å²) in [6, 6.07) is 8.13. The average molecular weight is 247 g/mol. The Kier molecular flexibility index (Phi) is 4.02. The quantitative estimate of drug-likeness (QED) is 0.766. The first-order valence-corrected chi connectivity index (χ1v) is 6.56. The predicted octanol–water partition coefficient (Wildman–Crippen LogP) is 2.50. The fourth-order valence-electron chi connectivity index (χ4n) is 2.26. The molecule has 1 aromatic rings. The summed E-state index contributed by atoms with van der Waals surface area (Å²) in [6.07, 6.45) is 1.96. The molecule has 2 rings (SSSR count). The number of carbonyl (C=O) groups excluding carboxylic acids is 1. The molecule has 0 saturated carbocycles. The van der Waals surface area contributed by atoms with Crippen molar-refractivity contribution in [2.24, 2.45) is 5.41 Å². The summed E-state index contributed by atoms with van der Waals surface area (Å²) in [7, 11) is 0. The van der Waals surface area contributed by atoms with Gasteiger partial charge in [0.05, 0.1) is 0 Å². The van der Waals surface area contributed by atoms with Gasteiger partial charge in [-0.1, -0.05) is 32.0 Å². The van der Waals surface area contributed by atoms with Crippen LogP contribution in [0.5, 0.6) is 5.75 Å². The fourth-order valence-corrected chi connectivity index (χ4v) is 2.26. The third kappa shape index (κ3) is 2.91. The maximum absolute atomic E-state index is 11.2. The van der Waals surface area contributed by atoms with E-state index in [0.717, 1.165) is 38.1 Å². The first kappa shape index (κ1) is 13.1. The van der Waals surface area contributed by atoms with Crippen molar-refractivity contribution in [1.82, 2.24) is 4.90 Å². The van der Waals surface area contributed by atoms with Crippen molar-refractivity contribution in [2.45, 2.75) is 26.8 Å². The summed E-state index contributed by atoms with van der Waals surface area (Å²) in [5, 5.41) is 0. The van der Waals surface area contributed by atoms with E-state index in [-0.39, 0.29) is 5.41 Å². The van der Waals surface area contributed by atoms with Crippen LogP contribution in [-0.4, -0.2) is 30.9 Å². The van der Waals surface area contributed by atoms with E-state index in [1.165, 1.54) is 5.56 Å². The normalized spacial score (nSPS) is 19.2. The molecule has 1 atom stereocenters. The second-order valence-corrected chi connectivity index (χ2v) is 5.29. The SMILES string of the molecule is CCC(C)(C=O)CN1CCOc2ccccc2C1. The summed E-state index contributed by atoms with van der Waals surface area (Å²) in [6.45, 7) is 7.31. The molecule has 3 nitrogen and oxygen atoms in total. The highest BCUT2D eigenvalue weighted by Crippen LogP contribution is 2.26. The molecular formula is C15H21NO2. The second-order valence-electron chi connectivity index (χ2n) is 5.29. The maximum Gasteiger partial charge on any atom is 0.127 e. The van der Waals surface area contributed by atoms with E-state index in [0.29, 0.717) is 6.61 Å². The largest absolute Gasteiger partial charge is 0.492 e. The van der Waals surface area contributed by atoms with E-state index >= 15 is 0 Å². The number of hydrogen-bond acceptors (Lipinski definition) is 3. The van der Waals surface area contributed by atoms with Gasteiger partial charge in [-0.2, -0.15) is 0 Å². The number of rotatable bonds is 4. The molecule has 1 aliphatic rings. The lowest BCUT2D eigenvalue weighted by molar-refractivity contribution is -0.116.